The summed E-state index contributed by atoms with van der Waals surface area (Å²) < 4.78 is 60.5. The summed E-state index contributed by atoms with van der Waals surface area (Å²) in [6, 6.07) is 2.56. The molecule has 0 fully saturated rings. The Hall–Kier alpha value is -1.46. The first kappa shape index (κ1) is 12.6. The minimum Gasteiger partial charge on any atom is -0.299 e. The summed E-state index contributed by atoms with van der Waals surface area (Å²) in [6.07, 6.45) is -6.70. The number of hydrogen-bond donors (Lipinski definition) is 0. The molecule has 1 aromatic carbocycles. The van der Waals surface area contributed by atoms with Crippen LogP contribution in [0.25, 0.3) is 0 Å². The molecule has 0 aliphatic rings. The maximum absolute atomic E-state index is 12.7. The Morgan fingerprint density at radius 1 is 1.12 bits per heavy atom. The van der Waals surface area contributed by atoms with Crippen LogP contribution >= 0.6 is 0 Å². The van der Waals surface area contributed by atoms with Crippen molar-refractivity contribution in [3.05, 3.63) is 35.4 Å². The molecule has 16 heavy (non-hydrogen) atoms. The van der Waals surface area contributed by atoms with E-state index in [0.29, 0.717) is 6.07 Å². The van der Waals surface area contributed by atoms with E-state index in [1.165, 1.54) is 0 Å². The number of rotatable bonds is 3. The Labute approximate surface area is 87.9 Å². The lowest BCUT2D eigenvalue weighted by Crippen LogP contribution is -2.16. The van der Waals surface area contributed by atoms with Crippen LogP contribution in [-0.4, -0.2) is 12.0 Å². The van der Waals surface area contributed by atoms with Crippen molar-refractivity contribution in [3.63, 3.8) is 0 Å². The molecule has 6 heteroatoms. The van der Waals surface area contributed by atoms with Gasteiger partial charge < -0.3 is 0 Å². The molecule has 0 unspecified atom stereocenters. The van der Waals surface area contributed by atoms with Crippen LogP contribution in [0.4, 0.5) is 22.0 Å². The second kappa shape index (κ2) is 4.59. The van der Waals surface area contributed by atoms with Crippen molar-refractivity contribution >= 4 is 5.78 Å². The van der Waals surface area contributed by atoms with Crippen LogP contribution in [0.3, 0.4) is 0 Å². The fourth-order valence-electron chi connectivity index (χ4n) is 1.16. The fourth-order valence-corrected chi connectivity index (χ4v) is 1.16. The number of hydrogen-bond acceptors (Lipinski definition) is 1. The van der Waals surface area contributed by atoms with E-state index in [4.69, 9.17) is 0 Å². The zero-order valence-corrected chi connectivity index (χ0v) is 7.94. The normalized spacial score (nSPS) is 11.6. The topological polar surface area (TPSA) is 17.1 Å². The average molecular weight is 238 g/mol. The first-order valence-corrected chi connectivity index (χ1v) is 4.30. The number of carbonyl (C=O) groups is 1. The third-order valence-electron chi connectivity index (χ3n) is 1.78. The molecular weight excluding hydrogens is 231 g/mol. The predicted molar refractivity (Wildman–Crippen MR) is 45.7 cm³/mol. The zero-order chi connectivity index (χ0) is 12.3. The SMILES string of the molecule is O=C(Cc1ccc(F)c(F)c1)CC(F)(F)F. The van der Waals surface area contributed by atoms with E-state index in [1.54, 1.807) is 0 Å². The van der Waals surface area contributed by atoms with Crippen LogP contribution in [0, 0.1) is 11.6 Å². The quantitative estimate of drug-likeness (QED) is 0.740. The van der Waals surface area contributed by atoms with Crippen molar-refractivity contribution in [2.45, 2.75) is 19.0 Å². The Morgan fingerprint density at radius 2 is 1.75 bits per heavy atom. The van der Waals surface area contributed by atoms with Gasteiger partial charge >= 0.3 is 6.18 Å². The summed E-state index contributed by atoms with van der Waals surface area (Å²) in [6.45, 7) is 0. The standard InChI is InChI=1S/C10H7F5O/c11-8-2-1-6(4-9(8)12)3-7(16)5-10(13,14)15/h1-2,4H,3,5H2. The lowest BCUT2D eigenvalue weighted by Gasteiger charge is -2.05. The second-order valence-corrected chi connectivity index (χ2v) is 3.26. The molecule has 0 heterocycles. The summed E-state index contributed by atoms with van der Waals surface area (Å²) in [5.41, 5.74) is 0.0214. The second-order valence-electron chi connectivity index (χ2n) is 3.26. The van der Waals surface area contributed by atoms with Crippen LogP contribution in [0.5, 0.6) is 0 Å². The van der Waals surface area contributed by atoms with Gasteiger partial charge in [0, 0.05) is 6.42 Å². The van der Waals surface area contributed by atoms with Crippen LogP contribution in [0.2, 0.25) is 0 Å². The monoisotopic (exact) mass is 238 g/mol. The summed E-state index contributed by atoms with van der Waals surface area (Å²) in [4.78, 5) is 10.9. The van der Waals surface area contributed by atoms with Gasteiger partial charge in [-0.05, 0) is 17.7 Å². The number of halogens is 5. The molecule has 0 N–H and O–H groups in total. The van der Waals surface area contributed by atoms with Gasteiger partial charge in [0.2, 0.25) is 0 Å². The van der Waals surface area contributed by atoms with Gasteiger partial charge in [-0.25, -0.2) is 8.78 Å². The Bertz CT molecular complexity index is 397. The number of benzene rings is 1. The van der Waals surface area contributed by atoms with Crippen LogP contribution in [-0.2, 0) is 11.2 Å². The highest BCUT2D eigenvalue weighted by Gasteiger charge is 2.30. The lowest BCUT2D eigenvalue weighted by molar-refractivity contribution is -0.151. The van der Waals surface area contributed by atoms with E-state index < -0.39 is 36.4 Å². The third-order valence-corrected chi connectivity index (χ3v) is 1.78. The van der Waals surface area contributed by atoms with Crippen molar-refractivity contribution in [3.8, 4) is 0 Å². The number of alkyl halides is 3. The zero-order valence-electron chi connectivity index (χ0n) is 7.94. The Kier molecular flexibility index (Phi) is 3.62. The summed E-state index contributed by atoms with van der Waals surface area (Å²) in [5.74, 6) is -3.37. The molecule has 0 saturated heterocycles. The van der Waals surface area contributed by atoms with E-state index in [-0.39, 0.29) is 5.56 Å². The lowest BCUT2D eigenvalue weighted by atomic mass is 10.1. The largest absolute Gasteiger partial charge is 0.395 e. The van der Waals surface area contributed by atoms with E-state index in [9.17, 15) is 26.7 Å². The van der Waals surface area contributed by atoms with E-state index in [1.807, 2.05) is 0 Å². The molecule has 1 nitrogen and oxygen atoms in total. The van der Waals surface area contributed by atoms with Crippen LogP contribution in [0.1, 0.15) is 12.0 Å². The Morgan fingerprint density at radius 3 is 2.25 bits per heavy atom. The van der Waals surface area contributed by atoms with E-state index >= 15 is 0 Å². The first-order valence-electron chi connectivity index (χ1n) is 4.30. The molecule has 0 saturated carbocycles. The van der Waals surface area contributed by atoms with Crippen LogP contribution < -0.4 is 0 Å². The summed E-state index contributed by atoms with van der Waals surface area (Å²) >= 11 is 0. The fraction of sp³-hybridized carbons (Fsp3) is 0.300. The smallest absolute Gasteiger partial charge is 0.299 e. The van der Waals surface area contributed by atoms with E-state index in [0.717, 1.165) is 12.1 Å². The van der Waals surface area contributed by atoms with Crippen molar-refractivity contribution in [1.82, 2.24) is 0 Å². The highest BCUT2D eigenvalue weighted by Crippen LogP contribution is 2.21. The molecule has 0 spiro atoms. The molecule has 88 valence electrons. The molecule has 1 aromatic rings. The van der Waals surface area contributed by atoms with Crippen molar-refractivity contribution in [1.29, 1.82) is 0 Å². The van der Waals surface area contributed by atoms with Gasteiger partial charge in [0.1, 0.15) is 12.2 Å². The van der Waals surface area contributed by atoms with Gasteiger partial charge in [0.15, 0.2) is 11.6 Å². The minimum absolute atomic E-state index is 0.0214. The third kappa shape index (κ3) is 3.96. The average Bonchev–Trinajstić information content (AvgIpc) is 2.08. The number of Topliss-reactive ketones (excluding diaryl/α,β-unsaturated/α-hetero) is 1. The number of ketones is 1. The molecule has 0 aliphatic heterocycles. The van der Waals surface area contributed by atoms with Gasteiger partial charge in [-0.3, -0.25) is 4.79 Å². The predicted octanol–water partition coefficient (Wildman–Crippen LogP) is 3.03. The van der Waals surface area contributed by atoms with Crippen molar-refractivity contribution in [2.75, 3.05) is 0 Å². The maximum Gasteiger partial charge on any atom is 0.395 e. The van der Waals surface area contributed by atoms with Gasteiger partial charge in [0.05, 0.1) is 0 Å². The number of carbonyl (C=O) groups excluding carboxylic acids is 1. The van der Waals surface area contributed by atoms with Crippen molar-refractivity contribution in [2.24, 2.45) is 0 Å². The molecular formula is C10H7F5O. The molecule has 1 rings (SSSR count). The molecule has 0 amide bonds. The maximum atomic E-state index is 12.7. The molecule has 0 atom stereocenters. The highest BCUT2D eigenvalue weighted by molar-refractivity contribution is 5.81. The van der Waals surface area contributed by atoms with Gasteiger partial charge in [-0.2, -0.15) is 13.2 Å². The Balaban J connectivity index is 2.67. The molecule has 0 aromatic heterocycles. The first-order chi connectivity index (χ1) is 7.28. The van der Waals surface area contributed by atoms with Crippen LogP contribution in [0.15, 0.2) is 18.2 Å². The van der Waals surface area contributed by atoms with Gasteiger partial charge in [0.25, 0.3) is 0 Å². The molecule has 0 bridgehead atoms. The van der Waals surface area contributed by atoms with E-state index in [2.05, 4.69) is 0 Å². The molecule has 0 aliphatic carbocycles. The van der Waals surface area contributed by atoms with Crippen molar-refractivity contribution < 1.29 is 26.7 Å². The highest BCUT2D eigenvalue weighted by atomic mass is 19.4. The summed E-state index contributed by atoms with van der Waals surface area (Å²) in [7, 11) is 0. The van der Waals surface area contributed by atoms with Gasteiger partial charge in [-0.15, -0.1) is 0 Å². The minimum atomic E-state index is -4.57. The summed E-state index contributed by atoms with van der Waals surface area (Å²) in [5, 5.41) is 0. The molecule has 0 radical (unpaired) electrons. The van der Waals surface area contributed by atoms with Gasteiger partial charge in [-0.1, -0.05) is 6.07 Å².